The summed E-state index contributed by atoms with van der Waals surface area (Å²) in [7, 11) is 0. The number of allylic oxidation sites excluding steroid dienone is 2. The van der Waals surface area contributed by atoms with Gasteiger partial charge >= 0.3 is 0 Å². The number of thiophene rings is 1. The summed E-state index contributed by atoms with van der Waals surface area (Å²) in [6.45, 7) is 4.97. The highest BCUT2D eigenvalue weighted by Crippen LogP contribution is 2.23. The van der Waals surface area contributed by atoms with Crippen LogP contribution < -0.4 is 5.56 Å². The van der Waals surface area contributed by atoms with Crippen molar-refractivity contribution in [1.29, 1.82) is 0 Å². The molecular formula is C22H25N3O2S. The van der Waals surface area contributed by atoms with Gasteiger partial charge in [0.2, 0.25) is 0 Å². The molecule has 0 aliphatic heterocycles. The van der Waals surface area contributed by atoms with Gasteiger partial charge in [0.1, 0.15) is 4.70 Å². The second-order valence-corrected chi connectivity index (χ2v) is 8.45. The summed E-state index contributed by atoms with van der Waals surface area (Å²) in [4.78, 5) is 29.8. The van der Waals surface area contributed by atoms with Crippen molar-refractivity contribution in [2.45, 2.75) is 59.0 Å². The summed E-state index contributed by atoms with van der Waals surface area (Å²) in [6.07, 6.45) is 9.88. The highest BCUT2D eigenvalue weighted by molar-refractivity contribution is 7.17. The number of carbonyl (C=O) groups is 1. The molecule has 3 heterocycles. The van der Waals surface area contributed by atoms with Crippen LogP contribution in [0.3, 0.4) is 0 Å². The molecule has 5 nitrogen and oxygen atoms in total. The lowest BCUT2D eigenvalue weighted by Crippen LogP contribution is -2.24. The van der Waals surface area contributed by atoms with E-state index in [-0.39, 0.29) is 17.9 Å². The molecule has 1 aliphatic carbocycles. The second kappa shape index (κ2) is 7.87. The lowest BCUT2D eigenvalue weighted by Gasteiger charge is -2.15. The van der Waals surface area contributed by atoms with Gasteiger partial charge in [0, 0.05) is 23.5 Å². The Kier molecular flexibility index (Phi) is 5.31. The maximum Gasteiger partial charge on any atom is 0.271 e. The third-order valence-electron chi connectivity index (χ3n) is 5.67. The van der Waals surface area contributed by atoms with Crippen LogP contribution in [0.5, 0.6) is 0 Å². The van der Waals surface area contributed by atoms with Gasteiger partial charge in [-0.15, -0.1) is 11.3 Å². The van der Waals surface area contributed by atoms with Gasteiger partial charge in [-0.2, -0.15) is 0 Å². The average molecular weight is 396 g/mol. The number of fused-ring (bicyclic) bond motifs is 1. The predicted octanol–water partition coefficient (Wildman–Crippen LogP) is 4.65. The van der Waals surface area contributed by atoms with E-state index in [1.807, 2.05) is 31.4 Å². The van der Waals surface area contributed by atoms with Crippen LogP contribution in [0.25, 0.3) is 10.2 Å². The fourth-order valence-electron chi connectivity index (χ4n) is 4.05. The summed E-state index contributed by atoms with van der Waals surface area (Å²) in [5.74, 6) is -0.0453. The van der Waals surface area contributed by atoms with Crippen molar-refractivity contribution in [2.75, 3.05) is 0 Å². The number of hydrogen-bond acceptors (Lipinski definition) is 4. The van der Waals surface area contributed by atoms with Crippen LogP contribution in [-0.2, 0) is 13.1 Å². The molecule has 28 heavy (non-hydrogen) atoms. The molecular weight excluding hydrogens is 370 g/mol. The number of nitrogens with zero attached hydrogens (tertiary/aromatic N) is 3. The molecule has 0 saturated heterocycles. The van der Waals surface area contributed by atoms with Gasteiger partial charge in [-0.05, 0) is 63.5 Å². The van der Waals surface area contributed by atoms with E-state index in [1.54, 1.807) is 0 Å². The normalized spacial score (nSPS) is 14.4. The molecule has 0 fully saturated rings. The first kappa shape index (κ1) is 18.9. The van der Waals surface area contributed by atoms with Gasteiger partial charge in [0.15, 0.2) is 5.78 Å². The average Bonchev–Trinajstić information content (AvgIpc) is 3.28. The number of ketones is 1. The minimum absolute atomic E-state index is 0.0229. The Bertz CT molecular complexity index is 1120. The number of hydrogen-bond donors (Lipinski definition) is 0. The van der Waals surface area contributed by atoms with E-state index in [1.165, 1.54) is 53.5 Å². The molecule has 0 unspecified atom stereocenters. The van der Waals surface area contributed by atoms with Crippen LogP contribution in [0.2, 0.25) is 0 Å². The van der Waals surface area contributed by atoms with Crippen molar-refractivity contribution < 1.29 is 4.79 Å². The van der Waals surface area contributed by atoms with Crippen molar-refractivity contribution >= 4 is 27.3 Å². The third kappa shape index (κ3) is 3.61. The molecule has 0 saturated carbocycles. The Labute approximate surface area is 168 Å². The Morgan fingerprint density at radius 1 is 1.29 bits per heavy atom. The minimum atomic E-state index is -0.147. The van der Waals surface area contributed by atoms with Gasteiger partial charge in [-0.1, -0.05) is 11.6 Å². The smallest absolute Gasteiger partial charge is 0.271 e. The fraction of sp³-hybridized carbons (Fsp3) is 0.409. The number of carbonyl (C=O) groups excluding carboxylic acids is 1. The van der Waals surface area contributed by atoms with Gasteiger partial charge in [0.25, 0.3) is 5.56 Å². The minimum Gasteiger partial charge on any atom is -0.348 e. The number of aryl methyl sites for hydroxylation is 1. The Morgan fingerprint density at radius 2 is 2.14 bits per heavy atom. The molecule has 0 spiro atoms. The summed E-state index contributed by atoms with van der Waals surface area (Å²) in [6, 6.07) is 3.78. The molecule has 1 aliphatic rings. The van der Waals surface area contributed by atoms with Gasteiger partial charge in [-0.25, -0.2) is 4.98 Å². The molecule has 0 bridgehead atoms. The Balaban J connectivity index is 1.53. The van der Waals surface area contributed by atoms with Crippen LogP contribution in [-0.4, -0.2) is 19.9 Å². The molecule has 0 aromatic carbocycles. The number of rotatable bonds is 6. The standard InChI is InChI=1S/C22H25N3O2S/c1-15-12-18(16(2)25(15)10-8-17-6-4-3-5-7-17)20(26)13-24-14-23-19-9-11-28-21(19)22(24)27/h6,9,11-12,14H,3-5,7-8,10,13H2,1-2H3. The van der Waals surface area contributed by atoms with Gasteiger partial charge in [0.05, 0.1) is 18.4 Å². The molecule has 3 aromatic heterocycles. The number of aromatic nitrogens is 3. The van der Waals surface area contributed by atoms with Crippen molar-refractivity contribution in [3.63, 3.8) is 0 Å². The molecule has 146 valence electrons. The molecule has 4 rings (SSSR count). The van der Waals surface area contributed by atoms with Crippen LogP contribution in [0.4, 0.5) is 0 Å². The summed E-state index contributed by atoms with van der Waals surface area (Å²) in [5.41, 5.74) is 4.86. The Hall–Kier alpha value is -2.47. The highest BCUT2D eigenvalue weighted by atomic mass is 32.1. The Morgan fingerprint density at radius 3 is 2.93 bits per heavy atom. The van der Waals surface area contributed by atoms with Crippen molar-refractivity contribution in [1.82, 2.24) is 14.1 Å². The van der Waals surface area contributed by atoms with Gasteiger partial charge < -0.3 is 4.57 Å². The fourth-order valence-corrected chi connectivity index (χ4v) is 4.84. The highest BCUT2D eigenvalue weighted by Gasteiger charge is 2.18. The van der Waals surface area contributed by atoms with E-state index in [9.17, 15) is 9.59 Å². The van der Waals surface area contributed by atoms with E-state index in [2.05, 4.69) is 15.6 Å². The zero-order valence-corrected chi connectivity index (χ0v) is 17.2. The van der Waals surface area contributed by atoms with E-state index >= 15 is 0 Å². The number of Topliss-reactive ketones (excluding diaryl/α,β-unsaturated/α-hetero) is 1. The quantitative estimate of drug-likeness (QED) is 0.451. The van der Waals surface area contributed by atoms with Crippen molar-refractivity contribution in [3.8, 4) is 0 Å². The third-order valence-corrected chi connectivity index (χ3v) is 6.56. The molecule has 3 aromatic rings. The SMILES string of the molecule is Cc1cc(C(=O)Cn2cnc3ccsc3c2=O)c(C)n1CCC1=CCCCC1. The van der Waals surface area contributed by atoms with Crippen molar-refractivity contribution in [2.24, 2.45) is 0 Å². The van der Waals surface area contributed by atoms with E-state index in [0.717, 1.165) is 24.4 Å². The largest absolute Gasteiger partial charge is 0.348 e. The van der Waals surface area contributed by atoms with E-state index in [0.29, 0.717) is 15.8 Å². The zero-order chi connectivity index (χ0) is 19.7. The summed E-state index contributed by atoms with van der Waals surface area (Å²) >= 11 is 1.36. The predicted molar refractivity (Wildman–Crippen MR) is 113 cm³/mol. The van der Waals surface area contributed by atoms with Crippen LogP contribution in [0.1, 0.15) is 53.8 Å². The lowest BCUT2D eigenvalue weighted by molar-refractivity contribution is 0.0970. The lowest BCUT2D eigenvalue weighted by atomic mass is 9.97. The second-order valence-electron chi connectivity index (χ2n) is 7.53. The van der Waals surface area contributed by atoms with E-state index in [4.69, 9.17) is 0 Å². The van der Waals surface area contributed by atoms with Crippen molar-refractivity contribution in [3.05, 3.63) is 62.8 Å². The first-order valence-electron chi connectivity index (χ1n) is 9.85. The van der Waals surface area contributed by atoms with Gasteiger partial charge in [-0.3, -0.25) is 14.2 Å². The first-order valence-corrected chi connectivity index (χ1v) is 10.7. The molecule has 0 amide bonds. The first-order chi connectivity index (χ1) is 13.5. The van der Waals surface area contributed by atoms with Crippen LogP contribution in [0.15, 0.2) is 40.3 Å². The summed E-state index contributed by atoms with van der Waals surface area (Å²) < 4.78 is 4.24. The molecule has 6 heteroatoms. The van der Waals surface area contributed by atoms with E-state index < -0.39 is 0 Å². The summed E-state index contributed by atoms with van der Waals surface area (Å²) in [5, 5.41) is 1.85. The topological polar surface area (TPSA) is 56.9 Å². The van der Waals surface area contributed by atoms with Crippen LogP contribution in [0, 0.1) is 13.8 Å². The maximum atomic E-state index is 12.9. The molecule has 0 atom stereocenters. The molecule has 0 N–H and O–H groups in total. The zero-order valence-electron chi connectivity index (χ0n) is 16.4. The molecule has 0 radical (unpaired) electrons. The maximum absolute atomic E-state index is 12.9. The monoisotopic (exact) mass is 395 g/mol. The van der Waals surface area contributed by atoms with Crippen LogP contribution >= 0.6 is 11.3 Å².